The maximum Gasteiger partial charge on any atom is 0.319 e. The molecule has 0 saturated carbocycles. The summed E-state index contributed by atoms with van der Waals surface area (Å²) in [5, 5.41) is 14.2. The molecule has 0 unspecified atom stereocenters. The molecule has 9 nitrogen and oxygen atoms in total. The Bertz CT molecular complexity index is 1890. The summed E-state index contributed by atoms with van der Waals surface area (Å²) in [6, 6.07) is 5.28. The number of phenolic OH excluding ortho intramolecular Hbond substituents is 1. The third kappa shape index (κ3) is 4.63. The third-order valence-corrected chi connectivity index (χ3v) is 10.3. The predicted molar refractivity (Wildman–Crippen MR) is 162 cm³/mol. The van der Waals surface area contributed by atoms with Gasteiger partial charge in [-0.15, -0.1) is 0 Å². The molecule has 8 rings (SSSR count). The number of fused-ring (bicyclic) bond motifs is 3. The number of pyridine rings is 1. The van der Waals surface area contributed by atoms with E-state index in [0.29, 0.717) is 49.1 Å². The van der Waals surface area contributed by atoms with Gasteiger partial charge >= 0.3 is 6.01 Å². The van der Waals surface area contributed by atoms with Crippen LogP contribution < -0.4 is 15.0 Å². The van der Waals surface area contributed by atoms with Gasteiger partial charge in [-0.05, 0) is 55.8 Å². The van der Waals surface area contributed by atoms with Gasteiger partial charge in [0.05, 0.1) is 27.9 Å². The molecular formula is C32H30ClF3N6O3. The number of phenols is 1. The number of rotatable bonds is 5. The SMILES string of the molecule is O=C1C[C@]2(CCCN(c3nc(OC[C@@]45CCCN4C[C@H](F)C5)nc4c(F)c(-c5cc(O)cc6ccc(F)c(Cl)c56)ncc34)C2)N1. The molecule has 0 aliphatic carbocycles. The van der Waals surface area contributed by atoms with Crippen molar-refractivity contribution >= 4 is 45.0 Å². The fraction of sp³-hybridized carbons (Fsp3) is 0.438. The van der Waals surface area contributed by atoms with Crippen LogP contribution in [0.3, 0.4) is 0 Å². The molecule has 2 N–H and O–H groups in total. The van der Waals surface area contributed by atoms with E-state index in [9.17, 15) is 18.7 Å². The van der Waals surface area contributed by atoms with Gasteiger partial charge in [0.2, 0.25) is 5.91 Å². The summed E-state index contributed by atoms with van der Waals surface area (Å²) in [6.07, 6.45) is 4.60. The van der Waals surface area contributed by atoms with Crippen molar-refractivity contribution in [3.8, 4) is 23.0 Å². The Hall–Kier alpha value is -3.90. The Morgan fingerprint density at radius 1 is 1.16 bits per heavy atom. The van der Waals surface area contributed by atoms with Crippen LogP contribution in [0.2, 0.25) is 5.02 Å². The number of nitrogens with zero attached hydrogens (tertiary/aromatic N) is 5. The molecule has 3 atom stereocenters. The van der Waals surface area contributed by atoms with E-state index in [4.69, 9.17) is 21.3 Å². The summed E-state index contributed by atoms with van der Waals surface area (Å²) in [5.41, 5.74) is -0.996. The molecule has 4 aliphatic rings. The van der Waals surface area contributed by atoms with Crippen molar-refractivity contribution < 1.29 is 27.8 Å². The zero-order valence-electron chi connectivity index (χ0n) is 24.3. The molecule has 0 radical (unpaired) electrons. The number of alkyl halides is 1. The van der Waals surface area contributed by atoms with Crippen LogP contribution in [-0.2, 0) is 4.79 Å². The van der Waals surface area contributed by atoms with E-state index in [2.05, 4.69) is 20.2 Å². The average molecular weight is 639 g/mol. The minimum atomic E-state index is -0.941. The number of hydrogen-bond acceptors (Lipinski definition) is 8. The first-order valence-corrected chi connectivity index (χ1v) is 15.6. The van der Waals surface area contributed by atoms with E-state index >= 15 is 4.39 Å². The van der Waals surface area contributed by atoms with Crippen LogP contribution in [0.1, 0.15) is 38.5 Å². The van der Waals surface area contributed by atoms with Gasteiger partial charge in [0, 0.05) is 43.2 Å². The number of carbonyl (C=O) groups excluding carboxylic acids is 1. The van der Waals surface area contributed by atoms with Crippen LogP contribution in [0.15, 0.2) is 30.5 Å². The monoisotopic (exact) mass is 638 g/mol. The van der Waals surface area contributed by atoms with E-state index < -0.39 is 23.3 Å². The molecule has 234 valence electrons. The van der Waals surface area contributed by atoms with Crippen molar-refractivity contribution in [1.82, 2.24) is 25.2 Å². The van der Waals surface area contributed by atoms with Gasteiger partial charge in [-0.1, -0.05) is 17.7 Å². The number of carbonyl (C=O) groups is 1. The first-order chi connectivity index (χ1) is 21.6. The van der Waals surface area contributed by atoms with Crippen LogP contribution >= 0.6 is 11.6 Å². The number of piperidine rings is 1. The quantitative estimate of drug-likeness (QED) is 0.284. The lowest BCUT2D eigenvalue weighted by atomic mass is 9.80. The number of hydrogen-bond donors (Lipinski definition) is 2. The fourth-order valence-electron chi connectivity index (χ4n) is 7.87. The summed E-state index contributed by atoms with van der Waals surface area (Å²) >= 11 is 6.35. The lowest BCUT2D eigenvalue weighted by Gasteiger charge is -2.49. The fourth-order valence-corrected chi connectivity index (χ4v) is 8.15. The van der Waals surface area contributed by atoms with Gasteiger partial charge in [-0.2, -0.15) is 9.97 Å². The summed E-state index contributed by atoms with van der Waals surface area (Å²) in [6.45, 7) is 2.39. The van der Waals surface area contributed by atoms with Gasteiger partial charge in [0.15, 0.2) is 5.82 Å². The van der Waals surface area contributed by atoms with Crippen LogP contribution in [0.25, 0.3) is 32.9 Å². The molecule has 4 saturated heterocycles. The molecule has 13 heteroatoms. The number of aromatic nitrogens is 3. The molecule has 2 aromatic heterocycles. The topological polar surface area (TPSA) is 104 Å². The average Bonchev–Trinajstić information content (AvgIpc) is 3.53. The number of β-lactam (4-membered cyclic amide) rings is 1. The highest BCUT2D eigenvalue weighted by atomic mass is 35.5. The molecular weight excluding hydrogens is 609 g/mol. The van der Waals surface area contributed by atoms with Gasteiger partial charge < -0.3 is 20.1 Å². The number of ether oxygens (including phenoxy) is 1. The van der Waals surface area contributed by atoms with Crippen molar-refractivity contribution in [2.24, 2.45) is 0 Å². The highest BCUT2D eigenvalue weighted by molar-refractivity contribution is 6.37. The van der Waals surface area contributed by atoms with E-state index in [1.807, 2.05) is 4.90 Å². The summed E-state index contributed by atoms with van der Waals surface area (Å²) in [7, 11) is 0. The smallest absolute Gasteiger partial charge is 0.319 e. The van der Waals surface area contributed by atoms with E-state index in [-0.39, 0.29) is 57.0 Å². The van der Waals surface area contributed by atoms with Crippen LogP contribution in [0.5, 0.6) is 11.8 Å². The molecule has 1 spiro atoms. The van der Waals surface area contributed by atoms with E-state index in [0.717, 1.165) is 32.2 Å². The maximum atomic E-state index is 16.7. The van der Waals surface area contributed by atoms with Gasteiger partial charge in [-0.25, -0.2) is 13.2 Å². The Labute approximate surface area is 261 Å². The minimum absolute atomic E-state index is 0.0117. The lowest BCUT2D eigenvalue weighted by molar-refractivity contribution is -0.133. The number of nitrogens with one attached hydrogen (secondary N) is 1. The van der Waals surface area contributed by atoms with E-state index in [1.165, 1.54) is 30.5 Å². The number of anilines is 1. The van der Waals surface area contributed by atoms with Crippen molar-refractivity contribution in [2.75, 3.05) is 37.7 Å². The van der Waals surface area contributed by atoms with E-state index in [1.54, 1.807) is 0 Å². The molecule has 6 heterocycles. The molecule has 2 aromatic carbocycles. The van der Waals surface area contributed by atoms with Gasteiger partial charge in [0.1, 0.15) is 41.4 Å². The summed E-state index contributed by atoms with van der Waals surface area (Å²) in [4.78, 5) is 29.7. The van der Waals surface area contributed by atoms with Crippen LogP contribution in [0, 0.1) is 11.6 Å². The molecule has 45 heavy (non-hydrogen) atoms. The molecule has 1 amide bonds. The summed E-state index contributed by atoms with van der Waals surface area (Å²) < 4.78 is 51.9. The first kappa shape index (κ1) is 28.6. The zero-order valence-corrected chi connectivity index (χ0v) is 25.0. The second kappa shape index (κ2) is 10.3. The predicted octanol–water partition coefficient (Wildman–Crippen LogP) is 5.30. The Morgan fingerprint density at radius 2 is 1.98 bits per heavy atom. The zero-order chi connectivity index (χ0) is 31.1. The number of halogens is 4. The Balaban J connectivity index is 1.26. The highest BCUT2D eigenvalue weighted by Crippen LogP contribution is 2.43. The normalized spacial score (nSPS) is 26.4. The van der Waals surface area contributed by atoms with Crippen molar-refractivity contribution in [3.63, 3.8) is 0 Å². The Morgan fingerprint density at radius 3 is 2.80 bits per heavy atom. The van der Waals surface area contributed by atoms with Crippen LogP contribution in [-0.4, -0.2) is 80.9 Å². The largest absolute Gasteiger partial charge is 0.508 e. The number of aromatic hydroxyl groups is 1. The molecule has 4 fully saturated rings. The van der Waals surface area contributed by atoms with Crippen LogP contribution in [0.4, 0.5) is 19.0 Å². The van der Waals surface area contributed by atoms with Crippen molar-refractivity contribution in [3.05, 3.63) is 47.1 Å². The third-order valence-electron chi connectivity index (χ3n) is 9.90. The number of amides is 1. The second-order valence-electron chi connectivity index (χ2n) is 12.9. The highest BCUT2D eigenvalue weighted by Gasteiger charge is 2.50. The summed E-state index contributed by atoms with van der Waals surface area (Å²) in [5.74, 6) is -1.28. The minimum Gasteiger partial charge on any atom is -0.508 e. The molecule has 4 aromatic rings. The molecule has 0 bridgehead atoms. The standard InChI is InChI=1S/C32H30ClF3N6O3/c33-25-22(35)4-3-17-9-19(43)10-20(24(17)25)27-26(36)28-21(13-37-27)29(41-7-1-5-31(15-41)12-23(44)40-31)39-30(38-28)45-16-32-6-2-8-42(32)14-18(34)11-32/h3-4,9-10,13,18,43H,1-2,5-8,11-12,14-16H2,(H,40,44)/t18-,31+,32+/m1/s1. The van der Waals surface area contributed by atoms with Crippen molar-refractivity contribution in [1.29, 1.82) is 0 Å². The Kier molecular flexibility index (Phi) is 6.55. The van der Waals surface area contributed by atoms with Gasteiger partial charge in [0.25, 0.3) is 0 Å². The second-order valence-corrected chi connectivity index (χ2v) is 13.2. The van der Waals surface area contributed by atoms with Crippen molar-refractivity contribution in [2.45, 2.75) is 55.8 Å². The maximum absolute atomic E-state index is 16.7. The lowest BCUT2D eigenvalue weighted by Crippen LogP contribution is -2.68. The molecule has 4 aliphatic heterocycles. The van der Waals surface area contributed by atoms with Gasteiger partial charge in [-0.3, -0.25) is 14.7 Å². The first-order valence-electron chi connectivity index (χ1n) is 15.2. The number of benzene rings is 2.